The van der Waals surface area contributed by atoms with Gasteiger partial charge in [-0.15, -0.1) is 0 Å². The van der Waals surface area contributed by atoms with E-state index in [0.29, 0.717) is 34.4 Å². The number of hydrogen-bond donors (Lipinski definition) is 0. The summed E-state index contributed by atoms with van der Waals surface area (Å²) >= 11 is 0. The zero-order valence-corrected chi connectivity index (χ0v) is 18.4. The molecule has 0 saturated heterocycles. The summed E-state index contributed by atoms with van der Waals surface area (Å²) in [7, 11) is 2.97. The first-order valence-electron chi connectivity index (χ1n) is 10.4. The Hall–Kier alpha value is -3.68. The Bertz CT molecular complexity index is 1180. The third-order valence-electron chi connectivity index (χ3n) is 5.07. The van der Waals surface area contributed by atoms with Gasteiger partial charge in [-0.1, -0.05) is 38.0 Å². The minimum atomic E-state index is -0.765. The molecule has 0 radical (unpaired) electrons. The Morgan fingerprint density at radius 2 is 1.69 bits per heavy atom. The molecule has 0 saturated carbocycles. The van der Waals surface area contributed by atoms with Crippen LogP contribution in [0.3, 0.4) is 0 Å². The molecule has 168 valence electrons. The van der Waals surface area contributed by atoms with E-state index in [1.165, 1.54) is 25.0 Å². The predicted molar refractivity (Wildman–Crippen MR) is 120 cm³/mol. The zero-order valence-electron chi connectivity index (χ0n) is 18.4. The fourth-order valence-electron chi connectivity index (χ4n) is 3.34. The van der Waals surface area contributed by atoms with Gasteiger partial charge in [-0.05, 0) is 30.7 Å². The second kappa shape index (κ2) is 10.6. The number of ether oxygens (including phenoxy) is 3. The SMILES string of the molecule is CCCCCn1nc(C(=O)OCC(=O)c2ccc(OC)c(OC)c2)c2ccccc2c1=O. The van der Waals surface area contributed by atoms with Crippen LogP contribution in [-0.4, -0.2) is 42.4 Å². The Labute approximate surface area is 185 Å². The smallest absolute Gasteiger partial charge is 0.359 e. The van der Waals surface area contributed by atoms with Gasteiger partial charge in [-0.3, -0.25) is 9.59 Å². The van der Waals surface area contributed by atoms with Crippen molar-refractivity contribution in [2.24, 2.45) is 0 Å². The van der Waals surface area contributed by atoms with E-state index in [2.05, 4.69) is 12.0 Å². The second-order valence-electron chi connectivity index (χ2n) is 7.20. The molecule has 8 nitrogen and oxygen atoms in total. The molecule has 1 aromatic heterocycles. The summed E-state index contributed by atoms with van der Waals surface area (Å²) in [5.74, 6) is -0.280. The second-order valence-corrected chi connectivity index (χ2v) is 7.20. The molecule has 0 aliphatic heterocycles. The van der Waals surface area contributed by atoms with Crippen LogP contribution in [0.2, 0.25) is 0 Å². The van der Waals surface area contributed by atoms with Gasteiger partial charge >= 0.3 is 5.97 Å². The number of fused-ring (bicyclic) bond motifs is 1. The molecule has 0 spiro atoms. The lowest BCUT2D eigenvalue weighted by Crippen LogP contribution is -2.27. The highest BCUT2D eigenvalue weighted by atomic mass is 16.5. The molecular weight excluding hydrogens is 412 g/mol. The maximum absolute atomic E-state index is 12.8. The monoisotopic (exact) mass is 438 g/mol. The molecule has 0 bridgehead atoms. The number of nitrogens with zero attached hydrogens (tertiary/aromatic N) is 2. The molecule has 0 N–H and O–H groups in total. The van der Waals surface area contributed by atoms with Crippen molar-refractivity contribution in [1.82, 2.24) is 9.78 Å². The third-order valence-corrected chi connectivity index (χ3v) is 5.07. The Morgan fingerprint density at radius 1 is 0.969 bits per heavy atom. The first kappa shape index (κ1) is 23.0. The van der Waals surface area contributed by atoms with Crippen molar-refractivity contribution < 1.29 is 23.8 Å². The van der Waals surface area contributed by atoms with Gasteiger partial charge in [0.2, 0.25) is 0 Å². The van der Waals surface area contributed by atoms with E-state index in [0.717, 1.165) is 19.3 Å². The van der Waals surface area contributed by atoms with Crippen LogP contribution in [-0.2, 0) is 11.3 Å². The molecule has 1 heterocycles. The van der Waals surface area contributed by atoms with E-state index >= 15 is 0 Å². The van der Waals surface area contributed by atoms with Crippen LogP contribution in [0.15, 0.2) is 47.3 Å². The van der Waals surface area contributed by atoms with E-state index in [1.54, 1.807) is 36.4 Å². The summed E-state index contributed by atoms with van der Waals surface area (Å²) in [6.07, 6.45) is 2.71. The van der Waals surface area contributed by atoms with Crippen LogP contribution >= 0.6 is 0 Å². The van der Waals surface area contributed by atoms with Crippen LogP contribution in [0.5, 0.6) is 11.5 Å². The molecule has 3 aromatic rings. The number of esters is 1. The maximum Gasteiger partial charge on any atom is 0.359 e. The summed E-state index contributed by atoms with van der Waals surface area (Å²) in [5, 5.41) is 5.04. The Morgan fingerprint density at radius 3 is 2.38 bits per heavy atom. The largest absolute Gasteiger partial charge is 0.493 e. The number of aryl methyl sites for hydroxylation is 1. The highest BCUT2D eigenvalue weighted by Crippen LogP contribution is 2.27. The topological polar surface area (TPSA) is 96.7 Å². The summed E-state index contributed by atoms with van der Waals surface area (Å²) < 4.78 is 16.9. The van der Waals surface area contributed by atoms with Gasteiger partial charge in [-0.2, -0.15) is 5.10 Å². The molecule has 0 atom stereocenters. The number of hydrogen-bond acceptors (Lipinski definition) is 7. The molecule has 3 rings (SSSR count). The van der Waals surface area contributed by atoms with Gasteiger partial charge in [0.15, 0.2) is 29.6 Å². The van der Waals surface area contributed by atoms with Crippen LogP contribution < -0.4 is 15.0 Å². The van der Waals surface area contributed by atoms with E-state index in [1.807, 2.05) is 0 Å². The lowest BCUT2D eigenvalue weighted by Gasteiger charge is -2.11. The highest BCUT2D eigenvalue weighted by molar-refractivity contribution is 6.04. The van der Waals surface area contributed by atoms with Gasteiger partial charge in [0, 0.05) is 17.5 Å². The predicted octanol–water partition coefficient (Wildman–Crippen LogP) is 3.64. The molecule has 0 unspecified atom stereocenters. The van der Waals surface area contributed by atoms with Crippen molar-refractivity contribution in [3.63, 3.8) is 0 Å². The molecule has 32 heavy (non-hydrogen) atoms. The lowest BCUT2D eigenvalue weighted by atomic mass is 10.1. The molecule has 0 aliphatic carbocycles. The molecule has 2 aromatic carbocycles. The average Bonchev–Trinajstić information content (AvgIpc) is 2.83. The first-order chi connectivity index (χ1) is 15.5. The summed E-state index contributed by atoms with van der Waals surface area (Å²) in [6.45, 7) is 2.00. The number of carbonyl (C=O) groups excluding carboxylic acids is 2. The molecule has 0 fully saturated rings. The summed E-state index contributed by atoms with van der Waals surface area (Å²) in [5.41, 5.74) is 0.0734. The van der Waals surface area contributed by atoms with E-state index in [4.69, 9.17) is 14.2 Å². The normalized spacial score (nSPS) is 10.7. The third kappa shape index (κ3) is 4.96. The van der Waals surface area contributed by atoms with Gasteiger partial charge < -0.3 is 14.2 Å². The Kier molecular flexibility index (Phi) is 7.59. The van der Waals surface area contributed by atoms with E-state index in [9.17, 15) is 14.4 Å². The molecular formula is C24H26N2O6. The van der Waals surface area contributed by atoms with Crippen LogP contribution in [0.4, 0.5) is 0 Å². The molecule has 8 heteroatoms. The number of unbranched alkanes of at least 4 members (excludes halogenated alkanes) is 2. The van der Waals surface area contributed by atoms with Crippen molar-refractivity contribution in [3.05, 3.63) is 64.1 Å². The number of carbonyl (C=O) groups is 2. The standard InChI is InChI=1S/C24H26N2O6/c1-4-5-8-13-26-23(28)18-10-7-6-9-17(18)22(25-26)24(29)32-15-19(27)16-11-12-20(30-2)21(14-16)31-3/h6-7,9-12,14H,4-5,8,13,15H2,1-3H3. The Balaban J connectivity index is 1.83. The van der Waals surface area contributed by atoms with Crippen molar-refractivity contribution in [3.8, 4) is 11.5 Å². The van der Waals surface area contributed by atoms with Crippen LogP contribution in [0.25, 0.3) is 10.8 Å². The zero-order chi connectivity index (χ0) is 23.1. The number of methoxy groups -OCH3 is 2. The van der Waals surface area contributed by atoms with Crippen molar-refractivity contribution in [2.75, 3.05) is 20.8 Å². The number of rotatable bonds is 10. The first-order valence-corrected chi connectivity index (χ1v) is 10.4. The number of ketones is 1. The van der Waals surface area contributed by atoms with E-state index < -0.39 is 18.4 Å². The number of Topliss-reactive ketones (excluding diaryl/α,β-unsaturated/α-hetero) is 1. The lowest BCUT2D eigenvalue weighted by molar-refractivity contribution is 0.0468. The maximum atomic E-state index is 12.8. The summed E-state index contributed by atoms with van der Waals surface area (Å²) in [4.78, 5) is 38.1. The van der Waals surface area contributed by atoms with Crippen molar-refractivity contribution in [1.29, 1.82) is 0 Å². The fraction of sp³-hybridized carbons (Fsp3) is 0.333. The van der Waals surface area contributed by atoms with Gasteiger partial charge in [0.05, 0.1) is 19.6 Å². The minimum absolute atomic E-state index is 0.0109. The van der Waals surface area contributed by atoms with Gasteiger partial charge in [-0.25, -0.2) is 9.48 Å². The quantitative estimate of drug-likeness (QED) is 0.271. The average molecular weight is 438 g/mol. The van der Waals surface area contributed by atoms with Crippen molar-refractivity contribution >= 4 is 22.5 Å². The summed E-state index contributed by atoms with van der Waals surface area (Å²) in [6, 6.07) is 11.4. The number of benzene rings is 2. The van der Waals surface area contributed by atoms with Crippen molar-refractivity contribution in [2.45, 2.75) is 32.7 Å². The van der Waals surface area contributed by atoms with Gasteiger partial charge in [0.25, 0.3) is 5.56 Å². The molecule has 0 amide bonds. The van der Waals surface area contributed by atoms with Crippen LogP contribution in [0.1, 0.15) is 47.0 Å². The van der Waals surface area contributed by atoms with Crippen LogP contribution in [0, 0.1) is 0 Å². The fourth-order valence-corrected chi connectivity index (χ4v) is 3.34. The van der Waals surface area contributed by atoms with E-state index in [-0.39, 0.29) is 11.3 Å². The highest BCUT2D eigenvalue weighted by Gasteiger charge is 2.20. The number of aromatic nitrogens is 2. The molecule has 0 aliphatic rings. The van der Waals surface area contributed by atoms with Gasteiger partial charge in [0.1, 0.15) is 0 Å². The minimum Gasteiger partial charge on any atom is -0.493 e.